The Morgan fingerprint density at radius 2 is 1.84 bits per heavy atom. The Bertz CT molecular complexity index is 1200. The maximum Gasteiger partial charge on any atom is 0.307 e. The van der Waals surface area contributed by atoms with E-state index in [2.05, 4.69) is 39.5 Å². The summed E-state index contributed by atoms with van der Waals surface area (Å²) in [5, 5.41) is 3.29. The van der Waals surface area contributed by atoms with Gasteiger partial charge in [0.05, 0.1) is 26.2 Å². The van der Waals surface area contributed by atoms with Gasteiger partial charge in [0.15, 0.2) is 12.1 Å². The van der Waals surface area contributed by atoms with E-state index < -0.39 is 0 Å². The summed E-state index contributed by atoms with van der Waals surface area (Å²) < 4.78 is 16.2. The molecule has 1 aromatic carbocycles. The minimum Gasteiger partial charge on any atom is -0.466 e. The topological polar surface area (TPSA) is 98.7 Å². The number of ether oxygens (including phenoxy) is 3. The predicted octanol–water partition coefficient (Wildman–Crippen LogP) is 3.81. The van der Waals surface area contributed by atoms with E-state index in [-0.39, 0.29) is 18.7 Å². The molecule has 0 saturated carbocycles. The third-order valence-electron chi connectivity index (χ3n) is 6.81. The van der Waals surface area contributed by atoms with E-state index in [4.69, 9.17) is 24.2 Å². The zero-order valence-electron chi connectivity index (χ0n) is 21.9. The van der Waals surface area contributed by atoms with Gasteiger partial charge in [-0.15, -0.1) is 0 Å². The second-order valence-electron chi connectivity index (χ2n) is 9.43. The summed E-state index contributed by atoms with van der Waals surface area (Å²) in [6, 6.07) is 14.6. The first-order valence-electron chi connectivity index (χ1n) is 13.5. The molecule has 3 aromatic rings. The Labute approximate surface area is 223 Å². The van der Waals surface area contributed by atoms with Crippen LogP contribution in [0.4, 0.5) is 11.6 Å². The Morgan fingerprint density at radius 3 is 2.58 bits per heavy atom. The average Bonchev–Trinajstić information content (AvgIpc) is 3.37. The molecule has 2 aliphatic heterocycles. The number of fused-ring (bicyclic) bond motifs is 1. The molecular formula is C29H35N5O4. The lowest BCUT2D eigenvalue weighted by Crippen LogP contribution is -2.27. The van der Waals surface area contributed by atoms with Crippen LogP contribution in [-0.2, 0) is 38.3 Å². The van der Waals surface area contributed by atoms with Crippen LogP contribution in [0.3, 0.4) is 0 Å². The van der Waals surface area contributed by atoms with Gasteiger partial charge in [-0.3, -0.25) is 9.78 Å². The van der Waals surface area contributed by atoms with Crippen LogP contribution in [0, 0.1) is 0 Å². The van der Waals surface area contributed by atoms with Crippen LogP contribution in [0.1, 0.15) is 36.5 Å². The standard InChI is InChI=1S/C29H35N5O4/c1-2-36-27(35)10-14-31-25-20-26(34-15-11-22-5-3-4-6-23(22)12-16-34)33-29(32-25)24-19-21(9-13-30-24)7-8-28-37-17-18-38-28/h3-6,9,13,19-20,28H,2,7-8,10-12,14-18H2,1H3,(H,31,32,33). The van der Waals surface area contributed by atoms with E-state index in [0.29, 0.717) is 43.7 Å². The summed E-state index contributed by atoms with van der Waals surface area (Å²) in [5.74, 6) is 1.83. The average molecular weight is 518 g/mol. The van der Waals surface area contributed by atoms with E-state index in [1.807, 2.05) is 25.1 Å². The summed E-state index contributed by atoms with van der Waals surface area (Å²) in [7, 11) is 0. The van der Waals surface area contributed by atoms with Gasteiger partial charge < -0.3 is 24.4 Å². The van der Waals surface area contributed by atoms with Gasteiger partial charge in [0.1, 0.15) is 17.3 Å². The molecule has 5 rings (SSSR count). The fourth-order valence-corrected chi connectivity index (χ4v) is 4.83. The molecule has 2 aliphatic rings. The van der Waals surface area contributed by atoms with Crippen molar-refractivity contribution in [2.75, 3.05) is 49.7 Å². The summed E-state index contributed by atoms with van der Waals surface area (Å²) in [6.45, 7) is 5.65. The third-order valence-corrected chi connectivity index (χ3v) is 6.81. The largest absolute Gasteiger partial charge is 0.466 e. The van der Waals surface area contributed by atoms with Crippen molar-refractivity contribution in [1.29, 1.82) is 0 Å². The number of nitrogens with one attached hydrogen (secondary N) is 1. The van der Waals surface area contributed by atoms with Gasteiger partial charge in [-0.1, -0.05) is 24.3 Å². The second-order valence-corrected chi connectivity index (χ2v) is 9.43. The van der Waals surface area contributed by atoms with E-state index in [9.17, 15) is 4.79 Å². The first kappa shape index (κ1) is 26.1. The normalized spacial score (nSPS) is 15.7. The predicted molar refractivity (Wildman–Crippen MR) is 145 cm³/mol. The Hall–Kier alpha value is -3.56. The highest BCUT2D eigenvalue weighted by atomic mass is 16.7. The molecule has 0 aliphatic carbocycles. The van der Waals surface area contributed by atoms with Crippen LogP contribution in [0.15, 0.2) is 48.7 Å². The van der Waals surface area contributed by atoms with Crippen LogP contribution in [0.2, 0.25) is 0 Å². The monoisotopic (exact) mass is 517 g/mol. The molecule has 0 unspecified atom stereocenters. The number of hydrogen-bond acceptors (Lipinski definition) is 9. The summed E-state index contributed by atoms with van der Waals surface area (Å²) in [6.07, 6.45) is 5.44. The van der Waals surface area contributed by atoms with Crippen molar-refractivity contribution in [2.45, 2.75) is 45.3 Å². The number of benzene rings is 1. The van der Waals surface area contributed by atoms with Gasteiger partial charge in [0.2, 0.25) is 0 Å². The number of carbonyl (C=O) groups is 1. The zero-order valence-corrected chi connectivity index (χ0v) is 21.9. The van der Waals surface area contributed by atoms with Gasteiger partial charge in [-0.05, 0) is 55.0 Å². The first-order chi connectivity index (χ1) is 18.7. The molecule has 38 heavy (non-hydrogen) atoms. The van der Waals surface area contributed by atoms with Crippen molar-refractivity contribution in [1.82, 2.24) is 15.0 Å². The summed E-state index contributed by atoms with van der Waals surface area (Å²) in [4.78, 5) is 28.5. The molecule has 0 bridgehead atoms. The highest BCUT2D eigenvalue weighted by Gasteiger charge is 2.19. The fourth-order valence-electron chi connectivity index (χ4n) is 4.83. The molecule has 1 N–H and O–H groups in total. The number of esters is 1. The SMILES string of the molecule is CCOC(=O)CCNc1cc(N2CCc3ccccc3CC2)nc(-c2cc(CCC3OCCO3)ccn2)n1. The molecule has 4 heterocycles. The van der Waals surface area contributed by atoms with E-state index in [1.54, 1.807) is 6.20 Å². The lowest BCUT2D eigenvalue weighted by atomic mass is 10.0. The third kappa shape index (κ3) is 6.85. The maximum atomic E-state index is 11.8. The molecule has 1 fully saturated rings. The molecule has 9 nitrogen and oxygen atoms in total. The van der Waals surface area contributed by atoms with Crippen molar-refractivity contribution < 1.29 is 19.0 Å². The van der Waals surface area contributed by atoms with Crippen LogP contribution >= 0.6 is 0 Å². The minimum atomic E-state index is -0.232. The number of anilines is 2. The molecule has 200 valence electrons. The number of pyridine rings is 1. The Kier molecular flexibility index (Phi) is 8.78. The molecule has 0 atom stereocenters. The number of hydrogen-bond donors (Lipinski definition) is 1. The fraction of sp³-hybridized carbons (Fsp3) is 0.448. The minimum absolute atomic E-state index is 0.145. The number of rotatable bonds is 10. The molecule has 0 radical (unpaired) electrons. The van der Waals surface area contributed by atoms with Crippen LogP contribution < -0.4 is 10.2 Å². The van der Waals surface area contributed by atoms with E-state index in [1.165, 1.54) is 11.1 Å². The molecule has 0 amide bonds. The van der Waals surface area contributed by atoms with Crippen LogP contribution in [0.5, 0.6) is 0 Å². The van der Waals surface area contributed by atoms with Crippen molar-refractivity contribution in [3.8, 4) is 11.5 Å². The molecular weight excluding hydrogens is 482 g/mol. The highest BCUT2D eigenvalue weighted by molar-refractivity contribution is 5.70. The first-order valence-corrected chi connectivity index (χ1v) is 13.5. The van der Waals surface area contributed by atoms with Crippen molar-refractivity contribution in [3.63, 3.8) is 0 Å². The summed E-state index contributed by atoms with van der Waals surface area (Å²) >= 11 is 0. The van der Waals surface area contributed by atoms with Crippen LogP contribution in [-0.4, -0.2) is 66.7 Å². The van der Waals surface area contributed by atoms with Crippen molar-refractivity contribution in [2.24, 2.45) is 0 Å². The summed E-state index contributed by atoms with van der Waals surface area (Å²) in [5.41, 5.74) is 4.62. The molecule has 1 saturated heterocycles. The number of carbonyl (C=O) groups excluding carboxylic acids is 1. The van der Waals surface area contributed by atoms with Gasteiger partial charge >= 0.3 is 5.97 Å². The van der Waals surface area contributed by atoms with E-state index >= 15 is 0 Å². The smallest absolute Gasteiger partial charge is 0.307 e. The Balaban J connectivity index is 1.37. The quantitative estimate of drug-likeness (QED) is 0.403. The highest BCUT2D eigenvalue weighted by Crippen LogP contribution is 2.25. The number of nitrogens with zero attached hydrogens (tertiary/aromatic N) is 4. The number of aryl methyl sites for hydroxylation is 1. The van der Waals surface area contributed by atoms with Crippen molar-refractivity contribution >= 4 is 17.6 Å². The lowest BCUT2D eigenvalue weighted by molar-refractivity contribution is -0.142. The molecule has 2 aromatic heterocycles. The molecule has 9 heteroatoms. The Morgan fingerprint density at radius 1 is 1.08 bits per heavy atom. The van der Waals surface area contributed by atoms with E-state index in [0.717, 1.165) is 50.2 Å². The second kappa shape index (κ2) is 12.8. The number of aromatic nitrogens is 3. The van der Waals surface area contributed by atoms with Gasteiger partial charge in [-0.25, -0.2) is 9.97 Å². The van der Waals surface area contributed by atoms with Crippen LogP contribution in [0.25, 0.3) is 11.5 Å². The lowest BCUT2D eigenvalue weighted by Gasteiger charge is -2.22. The maximum absolute atomic E-state index is 11.8. The van der Waals surface area contributed by atoms with Gasteiger partial charge in [0, 0.05) is 38.3 Å². The van der Waals surface area contributed by atoms with Gasteiger partial charge in [-0.2, -0.15) is 0 Å². The zero-order chi connectivity index (χ0) is 26.2. The molecule has 0 spiro atoms. The van der Waals surface area contributed by atoms with Crippen molar-refractivity contribution in [3.05, 3.63) is 65.4 Å². The van der Waals surface area contributed by atoms with Gasteiger partial charge in [0.25, 0.3) is 0 Å².